The summed E-state index contributed by atoms with van der Waals surface area (Å²) in [6.45, 7) is 1.94. The van der Waals surface area contributed by atoms with E-state index in [2.05, 4.69) is 5.32 Å². The van der Waals surface area contributed by atoms with Crippen LogP contribution in [0.1, 0.15) is 11.1 Å². The number of benzene rings is 1. The van der Waals surface area contributed by atoms with Gasteiger partial charge in [-0.2, -0.15) is 0 Å². The average Bonchev–Trinajstić information content (AvgIpc) is 2.17. The Kier molecular flexibility index (Phi) is 2.19. The third-order valence-corrected chi connectivity index (χ3v) is 2.56. The zero-order chi connectivity index (χ0) is 11.0. The van der Waals surface area contributed by atoms with Crippen LogP contribution in [0.2, 0.25) is 0 Å². The number of nitrogens with one attached hydrogen (secondary N) is 1. The number of hydrogen-bond acceptors (Lipinski definition) is 2. The molecule has 1 unspecified atom stereocenters. The van der Waals surface area contributed by atoms with E-state index in [1.54, 1.807) is 6.07 Å². The molecule has 2 rings (SSSR count). The predicted molar refractivity (Wildman–Crippen MR) is 54.6 cm³/mol. The molecule has 4 heteroatoms. The standard InChI is InChI=1S/C11H11NO3/c1-6-2-3-9-7(4-6)5-8(11(14)15)10(13)12-9/h2-4,8H,5H2,1H3,(H,12,13)(H,14,15). The zero-order valence-electron chi connectivity index (χ0n) is 8.28. The van der Waals surface area contributed by atoms with E-state index in [-0.39, 0.29) is 6.42 Å². The fourth-order valence-electron chi connectivity index (χ4n) is 1.75. The van der Waals surface area contributed by atoms with Crippen molar-refractivity contribution in [1.82, 2.24) is 0 Å². The van der Waals surface area contributed by atoms with Gasteiger partial charge >= 0.3 is 5.97 Å². The molecule has 0 bridgehead atoms. The van der Waals surface area contributed by atoms with E-state index in [1.165, 1.54) is 0 Å². The van der Waals surface area contributed by atoms with Gasteiger partial charge in [-0.3, -0.25) is 9.59 Å². The summed E-state index contributed by atoms with van der Waals surface area (Å²) in [6, 6.07) is 5.60. The van der Waals surface area contributed by atoms with Crippen LogP contribution in [0.5, 0.6) is 0 Å². The van der Waals surface area contributed by atoms with Crippen molar-refractivity contribution in [2.75, 3.05) is 5.32 Å². The van der Waals surface area contributed by atoms with Gasteiger partial charge in [0.25, 0.3) is 0 Å². The van der Waals surface area contributed by atoms with Gasteiger partial charge in [0, 0.05) is 5.69 Å². The van der Waals surface area contributed by atoms with Crippen LogP contribution in [-0.2, 0) is 16.0 Å². The number of carboxylic acid groups (broad SMARTS) is 1. The lowest BCUT2D eigenvalue weighted by molar-refractivity contribution is -0.145. The fourth-order valence-corrected chi connectivity index (χ4v) is 1.75. The number of carbonyl (C=O) groups is 2. The third kappa shape index (κ3) is 1.70. The predicted octanol–water partition coefficient (Wildman–Crippen LogP) is 1.19. The molecule has 1 aromatic rings. The van der Waals surface area contributed by atoms with Crippen LogP contribution < -0.4 is 5.32 Å². The largest absolute Gasteiger partial charge is 0.481 e. The summed E-state index contributed by atoms with van der Waals surface area (Å²) >= 11 is 0. The van der Waals surface area contributed by atoms with Gasteiger partial charge in [-0.1, -0.05) is 17.7 Å². The Bertz CT molecular complexity index is 439. The molecule has 0 aromatic heterocycles. The van der Waals surface area contributed by atoms with Crippen LogP contribution in [-0.4, -0.2) is 17.0 Å². The second-order valence-corrected chi connectivity index (χ2v) is 3.74. The van der Waals surface area contributed by atoms with E-state index >= 15 is 0 Å². The van der Waals surface area contributed by atoms with Crippen molar-refractivity contribution in [3.63, 3.8) is 0 Å². The third-order valence-electron chi connectivity index (χ3n) is 2.56. The molecule has 0 radical (unpaired) electrons. The van der Waals surface area contributed by atoms with Gasteiger partial charge in [-0.25, -0.2) is 0 Å². The van der Waals surface area contributed by atoms with Gasteiger partial charge in [0.2, 0.25) is 5.91 Å². The molecule has 1 amide bonds. The molecular formula is C11H11NO3. The molecule has 0 saturated carbocycles. The maximum Gasteiger partial charge on any atom is 0.316 e. The van der Waals surface area contributed by atoms with Crippen LogP contribution in [0.25, 0.3) is 0 Å². The van der Waals surface area contributed by atoms with E-state index in [4.69, 9.17) is 5.11 Å². The Morgan fingerprint density at radius 1 is 1.53 bits per heavy atom. The summed E-state index contributed by atoms with van der Waals surface area (Å²) in [5.74, 6) is -2.46. The molecule has 1 heterocycles. The van der Waals surface area contributed by atoms with Crippen LogP contribution in [0.15, 0.2) is 18.2 Å². The lowest BCUT2D eigenvalue weighted by Crippen LogP contribution is -2.35. The van der Waals surface area contributed by atoms with Crippen LogP contribution in [0.3, 0.4) is 0 Å². The lowest BCUT2D eigenvalue weighted by atomic mass is 9.92. The Morgan fingerprint density at radius 2 is 2.27 bits per heavy atom. The molecule has 4 nitrogen and oxygen atoms in total. The molecule has 1 aliphatic heterocycles. The van der Waals surface area contributed by atoms with Crippen LogP contribution in [0.4, 0.5) is 5.69 Å². The van der Waals surface area contributed by atoms with Gasteiger partial charge in [-0.15, -0.1) is 0 Å². The van der Waals surface area contributed by atoms with E-state index in [0.717, 1.165) is 16.8 Å². The van der Waals surface area contributed by atoms with Crippen molar-refractivity contribution in [2.24, 2.45) is 5.92 Å². The molecule has 0 saturated heterocycles. The molecular weight excluding hydrogens is 194 g/mol. The summed E-state index contributed by atoms with van der Waals surface area (Å²) in [6.07, 6.45) is 0.276. The van der Waals surface area contributed by atoms with Crippen molar-refractivity contribution in [3.8, 4) is 0 Å². The molecule has 2 N–H and O–H groups in total. The first-order chi connectivity index (χ1) is 7.08. The van der Waals surface area contributed by atoms with Crippen molar-refractivity contribution < 1.29 is 14.7 Å². The van der Waals surface area contributed by atoms with Crippen LogP contribution in [0, 0.1) is 12.8 Å². The second kappa shape index (κ2) is 3.38. The van der Waals surface area contributed by atoms with Gasteiger partial charge < -0.3 is 10.4 Å². The quantitative estimate of drug-likeness (QED) is 0.677. The highest BCUT2D eigenvalue weighted by Crippen LogP contribution is 2.26. The molecule has 0 spiro atoms. The molecule has 1 aromatic carbocycles. The number of carboxylic acids is 1. The first kappa shape index (κ1) is 9.71. The van der Waals surface area contributed by atoms with Gasteiger partial charge in [0.1, 0.15) is 5.92 Å². The fraction of sp³-hybridized carbons (Fsp3) is 0.273. The number of aliphatic carboxylic acids is 1. The number of carbonyl (C=O) groups excluding carboxylic acids is 1. The number of rotatable bonds is 1. The minimum Gasteiger partial charge on any atom is -0.481 e. The Balaban J connectivity index is 2.39. The number of anilines is 1. The number of aryl methyl sites for hydroxylation is 1. The number of fused-ring (bicyclic) bond motifs is 1. The smallest absolute Gasteiger partial charge is 0.316 e. The van der Waals surface area contributed by atoms with Crippen molar-refractivity contribution in [3.05, 3.63) is 29.3 Å². The highest BCUT2D eigenvalue weighted by atomic mass is 16.4. The summed E-state index contributed by atoms with van der Waals surface area (Å²) < 4.78 is 0. The van der Waals surface area contributed by atoms with Crippen molar-refractivity contribution in [2.45, 2.75) is 13.3 Å². The van der Waals surface area contributed by atoms with Crippen LogP contribution >= 0.6 is 0 Å². The monoisotopic (exact) mass is 205 g/mol. The number of hydrogen-bond donors (Lipinski definition) is 2. The summed E-state index contributed by atoms with van der Waals surface area (Å²) in [5.41, 5.74) is 2.68. The summed E-state index contributed by atoms with van der Waals surface area (Å²) in [7, 11) is 0. The first-order valence-corrected chi connectivity index (χ1v) is 4.71. The summed E-state index contributed by atoms with van der Waals surface area (Å²) in [5, 5.41) is 11.4. The molecule has 0 aliphatic carbocycles. The van der Waals surface area contributed by atoms with E-state index in [0.29, 0.717) is 0 Å². The Hall–Kier alpha value is -1.84. The molecule has 1 aliphatic rings. The van der Waals surface area contributed by atoms with E-state index < -0.39 is 17.8 Å². The maximum atomic E-state index is 11.4. The van der Waals surface area contributed by atoms with Crippen molar-refractivity contribution in [1.29, 1.82) is 0 Å². The van der Waals surface area contributed by atoms with E-state index in [9.17, 15) is 9.59 Å². The maximum absolute atomic E-state index is 11.4. The highest BCUT2D eigenvalue weighted by molar-refractivity contribution is 6.06. The van der Waals surface area contributed by atoms with Gasteiger partial charge in [0.15, 0.2) is 0 Å². The Morgan fingerprint density at radius 3 is 2.93 bits per heavy atom. The molecule has 78 valence electrons. The normalized spacial score (nSPS) is 19.3. The Labute approximate surface area is 86.9 Å². The minimum atomic E-state index is -1.07. The molecule has 15 heavy (non-hydrogen) atoms. The highest BCUT2D eigenvalue weighted by Gasteiger charge is 2.31. The zero-order valence-corrected chi connectivity index (χ0v) is 8.28. The molecule has 1 atom stereocenters. The van der Waals surface area contributed by atoms with Gasteiger partial charge in [-0.05, 0) is 25.0 Å². The molecule has 0 fully saturated rings. The summed E-state index contributed by atoms with van der Waals surface area (Å²) in [4.78, 5) is 22.2. The number of amides is 1. The lowest BCUT2D eigenvalue weighted by Gasteiger charge is -2.22. The SMILES string of the molecule is Cc1ccc2c(c1)CC(C(=O)O)C(=O)N2. The second-order valence-electron chi connectivity index (χ2n) is 3.74. The average molecular weight is 205 g/mol. The van der Waals surface area contributed by atoms with E-state index in [1.807, 2.05) is 19.1 Å². The van der Waals surface area contributed by atoms with Gasteiger partial charge in [0.05, 0.1) is 0 Å². The van der Waals surface area contributed by atoms with Crippen molar-refractivity contribution >= 4 is 17.6 Å². The minimum absolute atomic E-state index is 0.276. The topological polar surface area (TPSA) is 66.4 Å². The first-order valence-electron chi connectivity index (χ1n) is 4.71.